The van der Waals surface area contributed by atoms with Gasteiger partial charge in [0, 0.05) is 5.92 Å². The van der Waals surface area contributed by atoms with E-state index in [-0.39, 0.29) is 17.7 Å². The fourth-order valence-electron chi connectivity index (χ4n) is 2.72. The van der Waals surface area contributed by atoms with Crippen molar-refractivity contribution in [2.24, 2.45) is 5.92 Å². The molecule has 1 aromatic heterocycles. The quantitative estimate of drug-likeness (QED) is 0.774. The van der Waals surface area contributed by atoms with Crippen LogP contribution in [0.2, 0.25) is 5.02 Å². The summed E-state index contributed by atoms with van der Waals surface area (Å²) in [5.74, 6) is -0.985. The lowest BCUT2D eigenvalue weighted by Gasteiger charge is -2.19. The second kappa shape index (κ2) is 7.45. The number of nitrogens with zero attached hydrogens (tertiary/aromatic N) is 3. The van der Waals surface area contributed by atoms with Gasteiger partial charge in [-0.15, -0.1) is 5.10 Å². The van der Waals surface area contributed by atoms with Crippen molar-refractivity contribution < 1.29 is 14.7 Å². The van der Waals surface area contributed by atoms with E-state index in [0.717, 1.165) is 12.8 Å². The molecule has 3 rings (SSSR count). The minimum absolute atomic E-state index is 0.0404. The van der Waals surface area contributed by atoms with Crippen LogP contribution in [-0.4, -0.2) is 37.8 Å². The molecule has 26 heavy (non-hydrogen) atoms. The molecule has 1 heterocycles. The fraction of sp³-hybridized carbons (Fsp3) is 0.444. The molecule has 1 aliphatic carbocycles. The van der Waals surface area contributed by atoms with Crippen LogP contribution in [0, 0.1) is 5.92 Å². The van der Waals surface area contributed by atoms with E-state index in [4.69, 9.17) is 11.6 Å². The number of benzene rings is 1. The summed E-state index contributed by atoms with van der Waals surface area (Å²) < 4.78 is 1.59. The Morgan fingerprint density at radius 2 is 2.08 bits per heavy atom. The number of nitrogens with one attached hydrogen (secondary N) is 1. The normalized spacial score (nSPS) is 16.1. The summed E-state index contributed by atoms with van der Waals surface area (Å²) in [4.78, 5) is 28.4. The summed E-state index contributed by atoms with van der Waals surface area (Å²) in [5.41, 5.74) is 0.652. The molecule has 1 amide bonds. The van der Waals surface area contributed by atoms with Crippen molar-refractivity contribution in [3.63, 3.8) is 0 Å². The number of hydrogen-bond donors (Lipinski definition) is 2. The van der Waals surface area contributed by atoms with E-state index in [1.54, 1.807) is 17.7 Å². The molecular formula is C18H21ClN4O3. The van der Waals surface area contributed by atoms with Crippen LogP contribution in [0.15, 0.2) is 24.3 Å². The number of para-hydroxylation sites is 1. The van der Waals surface area contributed by atoms with E-state index in [2.05, 4.69) is 15.4 Å². The smallest absolute Gasteiger partial charge is 0.326 e. The Bertz CT molecular complexity index is 832. The first-order valence-electron chi connectivity index (χ1n) is 8.67. The van der Waals surface area contributed by atoms with Crippen molar-refractivity contribution >= 4 is 23.5 Å². The Morgan fingerprint density at radius 1 is 1.38 bits per heavy atom. The van der Waals surface area contributed by atoms with Gasteiger partial charge in [0.2, 0.25) is 5.82 Å². The van der Waals surface area contributed by atoms with Gasteiger partial charge in [-0.2, -0.15) is 0 Å². The molecule has 1 saturated carbocycles. The highest BCUT2D eigenvalue weighted by molar-refractivity contribution is 6.32. The van der Waals surface area contributed by atoms with Gasteiger partial charge in [-0.25, -0.2) is 14.5 Å². The van der Waals surface area contributed by atoms with Crippen molar-refractivity contribution in [1.82, 2.24) is 20.1 Å². The molecule has 8 heteroatoms. The summed E-state index contributed by atoms with van der Waals surface area (Å²) in [6, 6.07) is 6.23. The Morgan fingerprint density at radius 3 is 2.65 bits per heavy atom. The lowest BCUT2D eigenvalue weighted by Crippen LogP contribution is -2.45. The third-order valence-electron chi connectivity index (χ3n) is 4.62. The zero-order valence-electron chi connectivity index (χ0n) is 14.6. The van der Waals surface area contributed by atoms with Crippen LogP contribution in [0.3, 0.4) is 0 Å². The molecule has 0 aliphatic heterocycles. The van der Waals surface area contributed by atoms with Gasteiger partial charge in [0.05, 0.1) is 10.7 Å². The predicted molar refractivity (Wildman–Crippen MR) is 96.7 cm³/mol. The van der Waals surface area contributed by atoms with Gasteiger partial charge in [-0.1, -0.05) is 44.0 Å². The number of aromatic nitrogens is 3. The molecule has 138 valence electrons. The molecule has 2 atom stereocenters. The topological polar surface area (TPSA) is 97.1 Å². The zero-order chi connectivity index (χ0) is 18.8. The second-order valence-corrected chi connectivity index (χ2v) is 7.01. The molecular weight excluding hydrogens is 356 g/mol. The maximum atomic E-state index is 12.6. The molecule has 1 fully saturated rings. The minimum atomic E-state index is -1.07. The first kappa shape index (κ1) is 18.4. The van der Waals surface area contributed by atoms with Crippen molar-refractivity contribution in [2.45, 2.75) is 45.1 Å². The lowest BCUT2D eigenvalue weighted by molar-refractivity contribution is -0.140. The first-order chi connectivity index (χ1) is 12.4. The number of hydrogen-bond acceptors (Lipinski definition) is 4. The third kappa shape index (κ3) is 3.72. The minimum Gasteiger partial charge on any atom is -0.480 e. The number of aliphatic carboxylic acids is 1. The van der Waals surface area contributed by atoms with E-state index in [1.807, 2.05) is 25.1 Å². The van der Waals surface area contributed by atoms with Gasteiger partial charge in [-0.3, -0.25) is 4.79 Å². The Balaban J connectivity index is 1.91. The molecule has 2 aromatic rings. The summed E-state index contributed by atoms with van der Waals surface area (Å²) in [5, 5.41) is 16.7. The lowest BCUT2D eigenvalue weighted by atomic mass is 9.99. The van der Waals surface area contributed by atoms with Crippen LogP contribution in [-0.2, 0) is 4.79 Å². The largest absolute Gasteiger partial charge is 0.480 e. The molecule has 1 aliphatic rings. The molecule has 0 radical (unpaired) electrons. The van der Waals surface area contributed by atoms with Crippen molar-refractivity contribution in [1.29, 1.82) is 0 Å². The van der Waals surface area contributed by atoms with E-state index < -0.39 is 17.9 Å². The number of rotatable bonds is 7. The highest BCUT2D eigenvalue weighted by Gasteiger charge is 2.33. The van der Waals surface area contributed by atoms with Crippen molar-refractivity contribution in [2.75, 3.05) is 0 Å². The van der Waals surface area contributed by atoms with E-state index in [0.29, 0.717) is 23.0 Å². The predicted octanol–water partition coefficient (Wildman–Crippen LogP) is 3.03. The number of carboxylic acid groups (broad SMARTS) is 1. The molecule has 0 saturated heterocycles. The van der Waals surface area contributed by atoms with Gasteiger partial charge in [0.1, 0.15) is 11.9 Å². The third-order valence-corrected chi connectivity index (χ3v) is 4.94. The molecule has 1 aromatic carbocycles. The van der Waals surface area contributed by atoms with Gasteiger partial charge >= 0.3 is 5.97 Å². The summed E-state index contributed by atoms with van der Waals surface area (Å²) in [6.07, 6.45) is 2.59. The van der Waals surface area contributed by atoms with Gasteiger partial charge in [-0.05, 0) is 30.9 Å². The van der Waals surface area contributed by atoms with Gasteiger partial charge in [0.15, 0.2) is 0 Å². The van der Waals surface area contributed by atoms with E-state index in [1.165, 1.54) is 0 Å². The fourth-order valence-corrected chi connectivity index (χ4v) is 2.93. The molecule has 0 bridgehead atoms. The molecule has 7 nitrogen and oxygen atoms in total. The number of carbonyl (C=O) groups is 2. The average Bonchev–Trinajstić information content (AvgIpc) is 3.37. The number of halogens is 1. The summed E-state index contributed by atoms with van der Waals surface area (Å²) in [6.45, 7) is 3.66. The van der Waals surface area contributed by atoms with Crippen LogP contribution in [0.1, 0.15) is 55.5 Å². The highest BCUT2D eigenvalue weighted by atomic mass is 35.5. The van der Waals surface area contributed by atoms with E-state index in [9.17, 15) is 14.7 Å². The van der Waals surface area contributed by atoms with Crippen molar-refractivity contribution in [3.05, 3.63) is 40.9 Å². The number of carbonyl (C=O) groups excluding carboxylic acids is 1. The summed E-state index contributed by atoms with van der Waals surface area (Å²) in [7, 11) is 0. The first-order valence-corrected chi connectivity index (χ1v) is 9.05. The number of carboxylic acids is 1. The molecule has 2 unspecified atom stereocenters. The van der Waals surface area contributed by atoms with Crippen LogP contribution >= 0.6 is 11.6 Å². The Hall–Kier alpha value is -2.41. The van der Waals surface area contributed by atoms with E-state index >= 15 is 0 Å². The van der Waals surface area contributed by atoms with Gasteiger partial charge in [0.25, 0.3) is 5.91 Å². The van der Waals surface area contributed by atoms with Crippen molar-refractivity contribution in [3.8, 4) is 5.69 Å². The molecule has 2 N–H and O–H groups in total. The van der Waals surface area contributed by atoms with Crippen LogP contribution in [0.5, 0.6) is 0 Å². The number of amides is 1. The van der Waals surface area contributed by atoms with Crippen LogP contribution in [0.25, 0.3) is 5.69 Å². The SMILES string of the molecule is CCC(C)C(NC(=O)c1nc(C2CC2)n(-c2ccccc2Cl)n1)C(=O)O. The monoisotopic (exact) mass is 376 g/mol. The maximum Gasteiger partial charge on any atom is 0.326 e. The molecule has 0 spiro atoms. The van der Waals surface area contributed by atoms with Crippen LogP contribution < -0.4 is 5.32 Å². The maximum absolute atomic E-state index is 12.6. The highest BCUT2D eigenvalue weighted by Crippen LogP contribution is 2.40. The Kier molecular flexibility index (Phi) is 5.27. The summed E-state index contributed by atoms with van der Waals surface area (Å²) >= 11 is 6.26. The zero-order valence-corrected chi connectivity index (χ0v) is 15.4. The van der Waals surface area contributed by atoms with Crippen LogP contribution in [0.4, 0.5) is 0 Å². The standard InChI is InChI=1S/C18H21ClN4O3/c1-3-10(2)14(18(25)26)20-17(24)15-21-16(11-8-9-11)23(22-15)13-7-5-4-6-12(13)19/h4-7,10-11,14H,3,8-9H2,1-2H3,(H,20,24)(H,25,26). The second-order valence-electron chi connectivity index (χ2n) is 6.61. The van der Waals surface area contributed by atoms with Gasteiger partial charge < -0.3 is 10.4 Å². The average molecular weight is 377 g/mol. The Labute approximate surface area is 156 Å².